The molecule has 1 aromatic carbocycles. The third-order valence-corrected chi connectivity index (χ3v) is 3.57. The zero-order valence-electron chi connectivity index (χ0n) is 16.6. The van der Waals surface area contributed by atoms with Crippen molar-refractivity contribution in [1.82, 2.24) is 5.32 Å². The molecule has 150 valence electrons. The van der Waals surface area contributed by atoms with Crippen molar-refractivity contribution in [2.75, 3.05) is 20.3 Å². The van der Waals surface area contributed by atoms with Gasteiger partial charge in [-0.05, 0) is 44.9 Å². The highest BCUT2D eigenvalue weighted by atomic mass is 16.6. The van der Waals surface area contributed by atoms with Crippen molar-refractivity contribution < 1.29 is 24.1 Å². The Balaban J connectivity index is 2.59. The van der Waals surface area contributed by atoms with Gasteiger partial charge in [0.05, 0.1) is 6.61 Å². The standard InChI is InChI=1S/C21H31NO5/c1-5-6-7-8-20(24)27-21(22-16(2)3)19(23)15-26-18-11-9-17(10-12-18)13-14-25-4/h5-12,16,19,21-23H,13-15H2,1-4H3/b6-5+,8-7+/t19-,21?/m1/s1. The summed E-state index contributed by atoms with van der Waals surface area (Å²) >= 11 is 0. The van der Waals surface area contributed by atoms with E-state index in [0.717, 1.165) is 12.0 Å². The van der Waals surface area contributed by atoms with E-state index in [2.05, 4.69) is 5.32 Å². The van der Waals surface area contributed by atoms with Crippen LogP contribution in [0.15, 0.2) is 48.6 Å². The number of nitrogens with one attached hydrogen (secondary N) is 1. The van der Waals surface area contributed by atoms with Crippen LogP contribution >= 0.6 is 0 Å². The monoisotopic (exact) mass is 377 g/mol. The summed E-state index contributed by atoms with van der Waals surface area (Å²) < 4.78 is 16.0. The van der Waals surface area contributed by atoms with E-state index in [4.69, 9.17) is 14.2 Å². The van der Waals surface area contributed by atoms with Gasteiger partial charge in [-0.15, -0.1) is 0 Å². The third-order valence-electron chi connectivity index (χ3n) is 3.57. The summed E-state index contributed by atoms with van der Waals surface area (Å²) in [5.74, 6) is 0.102. The Morgan fingerprint density at radius 2 is 1.93 bits per heavy atom. The molecule has 1 aromatic rings. The lowest BCUT2D eigenvalue weighted by molar-refractivity contribution is -0.153. The molecule has 6 heteroatoms. The number of esters is 1. The van der Waals surface area contributed by atoms with Crippen molar-refractivity contribution in [3.8, 4) is 5.75 Å². The maximum Gasteiger partial charge on any atom is 0.332 e. The van der Waals surface area contributed by atoms with Crippen molar-refractivity contribution in [3.05, 3.63) is 54.1 Å². The highest BCUT2D eigenvalue weighted by molar-refractivity contribution is 5.82. The van der Waals surface area contributed by atoms with Gasteiger partial charge in [-0.1, -0.05) is 30.4 Å². The summed E-state index contributed by atoms with van der Waals surface area (Å²) in [5.41, 5.74) is 1.14. The van der Waals surface area contributed by atoms with Crippen molar-refractivity contribution in [2.45, 2.75) is 45.6 Å². The fourth-order valence-corrected chi connectivity index (χ4v) is 2.20. The molecule has 0 bridgehead atoms. The van der Waals surface area contributed by atoms with E-state index in [1.165, 1.54) is 6.08 Å². The first kappa shape index (κ1) is 22.9. The Hall–Kier alpha value is -2.15. The van der Waals surface area contributed by atoms with E-state index in [9.17, 15) is 9.90 Å². The van der Waals surface area contributed by atoms with Gasteiger partial charge in [0, 0.05) is 19.2 Å². The summed E-state index contributed by atoms with van der Waals surface area (Å²) in [6.45, 7) is 6.32. The highest BCUT2D eigenvalue weighted by Crippen LogP contribution is 2.14. The Kier molecular flexibility index (Phi) is 11.1. The molecule has 0 aliphatic carbocycles. The topological polar surface area (TPSA) is 77.0 Å². The molecule has 6 nitrogen and oxygen atoms in total. The largest absolute Gasteiger partial charge is 0.491 e. The van der Waals surface area contributed by atoms with Gasteiger partial charge in [0.2, 0.25) is 0 Å². The molecule has 0 heterocycles. The van der Waals surface area contributed by atoms with E-state index in [-0.39, 0.29) is 12.6 Å². The molecule has 2 N–H and O–H groups in total. The predicted octanol–water partition coefficient (Wildman–Crippen LogP) is 2.61. The van der Waals surface area contributed by atoms with Gasteiger partial charge in [-0.25, -0.2) is 4.79 Å². The molecule has 0 fully saturated rings. The fourth-order valence-electron chi connectivity index (χ4n) is 2.20. The maximum absolute atomic E-state index is 11.9. The van der Waals surface area contributed by atoms with Gasteiger partial charge >= 0.3 is 5.97 Å². The number of aliphatic hydroxyl groups excluding tert-OH is 1. The van der Waals surface area contributed by atoms with Gasteiger partial charge in [0.25, 0.3) is 0 Å². The smallest absolute Gasteiger partial charge is 0.332 e. The number of carbonyl (C=O) groups excluding carboxylic acids is 1. The van der Waals surface area contributed by atoms with Crippen LogP contribution in [0.2, 0.25) is 0 Å². The summed E-state index contributed by atoms with van der Waals surface area (Å²) in [7, 11) is 1.67. The Bertz CT molecular complexity index is 595. The quantitative estimate of drug-likeness (QED) is 0.252. The van der Waals surface area contributed by atoms with E-state index in [0.29, 0.717) is 12.4 Å². The molecule has 1 unspecified atom stereocenters. The molecule has 1 rings (SSSR count). The number of allylic oxidation sites excluding steroid dienone is 3. The predicted molar refractivity (Wildman–Crippen MR) is 106 cm³/mol. The minimum Gasteiger partial charge on any atom is -0.491 e. The lowest BCUT2D eigenvalue weighted by atomic mass is 10.1. The zero-order chi connectivity index (χ0) is 20.1. The number of hydrogen-bond acceptors (Lipinski definition) is 6. The van der Waals surface area contributed by atoms with Gasteiger partial charge in [0.1, 0.15) is 18.5 Å². The maximum atomic E-state index is 11.9. The first-order valence-corrected chi connectivity index (χ1v) is 9.11. The molecule has 0 spiro atoms. The normalized spacial score (nSPS) is 14.0. The number of carbonyl (C=O) groups is 1. The van der Waals surface area contributed by atoms with Crippen LogP contribution in [0.25, 0.3) is 0 Å². The lowest BCUT2D eigenvalue weighted by Gasteiger charge is -2.25. The van der Waals surface area contributed by atoms with Gasteiger partial charge < -0.3 is 19.3 Å². The number of hydrogen-bond donors (Lipinski definition) is 2. The van der Waals surface area contributed by atoms with Crippen molar-refractivity contribution in [3.63, 3.8) is 0 Å². The van der Waals surface area contributed by atoms with E-state index >= 15 is 0 Å². The molecule has 0 aromatic heterocycles. The van der Waals surface area contributed by atoms with Crippen LogP contribution in [0.1, 0.15) is 26.3 Å². The van der Waals surface area contributed by atoms with Crippen LogP contribution in [0.4, 0.5) is 0 Å². The molecule has 0 radical (unpaired) electrons. The van der Waals surface area contributed by atoms with Crippen molar-refractivity contribution >= 4 is 5.97 Å². The van der Waals surface area contributed by atoms with Crippen LogP contribution in [-0.4, -0.2) is 49.8 Å². The van der Waals surface area contributed by atoms with Crippen LogP contribution in [0.5, 0.6) is 5.75 Å². The Morgan fingerprint density at radius 1 is 1.22 bits per heavy atom. The molecular formula is C21H31NO5. The van der Waals surface area contributed by atoms with Crippen LogP contribution in [0, 0.1) is 0 Å². The average Bonchev–Trinajstić information content (AvgIpc) is 2.64. The van der Waals surface area contributed by atoms with Gasteiger partial charge in [-0.2, -0.15) is 0 Å². The van der Waals surface area contributed by atoms with E-state index in [1.54, 1.807) is 25.3 Å². The average molecular weight is 377 g/mol. The lowest BCUT2D eigenvalue weighted by Crippen LogP contribution is -2.48. The Labute approximate surface area is 161 Å². The second-order valence-electron chi connectivity index (χ2n) is 6.33. The summed E-state index contributed by atoms with van der Waals surface area (Å²) in [6, 6.07) is 7.62. The number of ether oxygens (including phenoxy) is 3. The molecular weight excluding hydrogens is 346 g/mol. The zero-order valence-corrected chi connectivity index (χ0v) is 16.6. The molecule has 0 saturated carbocycles. The van der Waals surface area contributed by atoms with E-state index in [1.807, 2.05) is 45.0 Å². The Morgan fingerprint density at radius 3 is 2.52 bits per heavy atom. The van der Waals surface area contributed by atoms with E-state index < -0.39 is 18.3 Å². The molecule has 0 aliphatic heterocycles. The van der Waals surface area contributed by atoms with Crippen LogP contribution in [0.3, 0.4) is 0 Å². The SMILES string of the molecule is C/C=C/C=C/C(=O)OC(NC(C)C)[C@H](O)COc1ccc(CCOC)cc1. The van der Waals surface area contributed by atoms with Crippen molar-refractivity contribution in [1.29, 1.82) is 0 Å². The fraction of sp³-hybridized carbons (Fsp3) is 0.476. The van der Waals surface area contributed by atoms with Crippen LogP contribution in [-0.2, 0) is 20.7 Å². The molecule has 0 amide bonds. The minimum absolute atomic E-state index is 0.00629. The second kappa shape index (κ2) is 13.1. The summed E-state index contributed by atoms with van der Waals surface area (Å²) in [4.78, 5) is 11.9. The summed E-state index contributed by atoms with van der Waals surface area (Å²) in [5, 5.41) is 13.4. The first-order chi connectivity index (χ1) is 13.0. The van der Waals surface area contributed by atoms with Gasteiger partial charge in [-0.3, -0.25) is 5.32 Å². The highest BCUT2D eigenvalue weighted by Gasteiger charge is 2.24. The second-order valence-corrected chi connectivity index (χ2v) is 6.33. The molecule has 27 heavy (non-hydrogen) atoms. The number of benzene rings is 1. The first-order valence-electron chi connectivity index (χ1n) is 9.11. The number of methoxy groups -OCH3 is 1. The molecule has 2 atom stereocenters. The number of aliphatic hydroxyl groups is 1. The van der Waals surface area contributed by atoms with Crippen molar-refractivity contribution in [2.24, 2.45) is 0 Å². The number of rotatable bonds is 12. The summed E-state index contributed by atoms with van der Waals surface area (Å²) in [6.07, 6.45) is 5.37. The van der Waals surface area contributed by atoms with Crippen LogP contribution < -0.4 is 10.1 Å². The van der Waals surface area contributed by atoms with Gasteiger partial charge in [0.15, 0.2) is 6.23 Å². The molecule has 0 aliphatic rings. The third kappa shape index (κ3) is 9.94. The molecule has 0 saturated heterocycles. The minimum atomic E-state index is -1.01.